The minimum absolute atomic E-state index is 0.0820. The predicted molar refractivity (Wildman–Crippen MR) is 134 cm³/mol. The van der Waals surface area contributed by atoms with Crippen molar-refractivity contribution in [1.82, 2.24) is 4.98 Å². The topological polar surface area (TPSA) is 93.6 Å². The van der Waals surface area contributed by atoms with Gasteiger partial charge in [-0.3, -0.25) is 14.6 Å². The molecule has 1 aliphatic carbocycles. The summed E-state index contributed by atoms with van der Waals surface area (Å²) in [6, 6.07) is 9.91. The molecule has 0 N–H and O–H groups in total. The number of carbonyl (C=O) groups is 2. The molecule has 3 atom stereocenters. The highest BCUT2D eigenvalue weighted by Crippen LogP contribution is 2.39. The fraction of sp³-hybridized carbons (Fsp3) is 0.500. The standard InChI is InChI=1S/C26H31ClN2O5S/c1-2-34-26(31)24-16-22(35(32,33)21-5-3-19(27)4-6-21)17-25(30)23(24)15-18-9-13-29(14-10-18)20-7-11-28-12-8-20/h3-8,11-12,18,22-24H,2,9-10,13-17H2,1H3. The van der Waals surface area contributed by atoms with E-state index in [2.05, 4.69) is 9.88 Å². The highest BCUT2D eigenvalue weighted by atomic mass is 35.5. The third-order valence-electron chi connectivity index (χ3n) is 7.24. The fourth-order valence-electron chi connectivity index (χ4n) is 5.33. The molecule has 35 heavy (non-hydrogen) atoms. The molecule has 0 amide bonds. The second-order valence-corrected chi connectivity index (χ2v) is 12.0. The van der Waals surface area contributed by atoms with E-state index in [-0.39, 0.29) is 30.1 Å². The second kappa shape index (κ2) is 11.1. The number of benzene rings is 1. The number of sulfone groups is 1. The second-order valence-electron chi connectivity index (χ2n) is 9.36. The number of piperidine rings is 1. The molecule has 2 aliphatic rings. The van der Waals surface area contributed by atoms with Crippen LogP contribution in [0, 0.1) is 17.8 Å². The first-order valence-corrected chi connectivity index (χ1v) is 14.1. The summed E-state index contributed by atoms with van der Waals surface area (Å²) in [6.45, 7) is 3.64. The van der Waals surface area contributed by atoms with Gasteiger partial charge in [0.2, 0.25) is 0 Å². The minimum atomic E-state index is -3.79. The predicted octanol–water partition coefficient (Wildman–Crippen LogP) is 4.34. The quantitative estimate of drug-likeness (QED) is 0.503. The third-order valence-corrected chi connectivity index (χ3v) is 9.66. The normalized spacial score (nSPS) is 23.8. The number of pyridine rings is 1. The van der Waals surface area contributed by atoms with Gasteiger partial charge < -0.3 is 9.64 Å². The van der Waals surface area contributed by atoms with Gasteiger partial charge in [-0.1, -0.05) is 11.6 Å². The van der Waals surface area contributed by atoms with Gasteiger partial charge in [0, 0.05) is 48.5 Å². The van der Waals surface area contributed by atoms with Crippen LogP contribution in [0.15, 0.2) is 53.7 Å². The largest absolute Gasteiger partial charge is 0.466 e. The molecule has 1 aromatic carbocycles. The third kappa shape index (κ3) is 5.86. The Labute approximate surface area is 211 Å². The summed E-state index contributed by atoms with van der Waals surface area (Å²) in [6.07, 6.45) is 5.97. The van der Waals surface area contributed by atoms with Crippen molar-refractivity contribution in [3.63, 3.8) is 0 Å². The Balaban J connectivity index is 1.47. The fourth-order valence-corrected chi connectivity index (χ4v) is 7.20. The number of ether oxygens (including phenoxy) is 1. The van der Waals surface area contributed by atoms with Crippen molar-refractivity contribution in [2.24, 2.45) is 17.8 Å². The van der Waals surface area contributed by atoms with E-state index in [1.807, 2.05) is 12.1 Å². The number of hydrogen-bond donors (Lipinski definition) is 0. The summed E-state index contributed by atoms with van der Waals surface area (Å²) in [5.41, 5.74) is 1.13. The summed E-state index contributed by atoms with van der Waals surface area (Å²) in [5, 5.41) is -0.515. The van der Waals surface area contributed by atoms with Crippen LogP contribution < -0.4 is 4.90 Å². The molecule has 4 rings (SSSR count). The number of esters is 1. The zero-order valence-electron chi connectivity index (χ0n) is 19.8. The van der Waals surface area contributed by atoms with Crippen molar-refractivity contribution < 1.29 is 22.7 Å². The lowest BCUT2D eigenvalue weighted by molar-refractivity contribution is -0.154. The molecule has 9 heteroatoms. The molecular weight excluding hydrogens is 488 g/mol. The van der Waals surface area contributed by atoms with Crippen molar-refractivity contribution in [3.05, 3.63) is 53.8 Å². The highest BCUT2D eigenvalue weighted by molar-refractivity contribution is 7.92. The van der Waals surface area contributed by atoms with E-state index in [1.165, 1.54) is 24.3 Å². The molecule has 2 heterocycles. The van der Waals surface area contributed by atoms with Crippen molar-refractivity contribution in [2.45, 2.75) is 49.2 Å². The molecule has 1 saturated heterocycles. The molecule has 2 aromatic rings. The Morgan fingerprint density at radius 2 is 1.77 bits per heavy atom. The van der Waals surface area contributed by atoms with Crippen LogP contribution in [0.2, 0.25) is 5.02 Å². The SMILES string of the molecule is CCOC(=O)C1CC(S(=O)(=O)c2ccc(Cl)cc2)CC(=O)C1CC1CCN(c2ccncc2)CC1. The van der Waals surface area contributed by atoms with Gasteiger partial charge >= 0.3 is 5.97 Å². The van der Waals surface area contributed by atoms with Gasteiger partial charge in [0.25, 0.3) is 0 Å². The first-order valence-electron chi connectivity index (χ1n) is 12.1. The summed E-state index contributed by atoms with van der Waals surface area (Å²) in [4.78, 5) is 32.7. The van der Waals surface area contributed by atoms with E-state index in [1.54, 1.807) is 19.3 Å². The Hall–Kier alpha value is -2.45. The number of hydrogen-bond acceptors (Lipinski definition) is 7. The van der Waals surface area contributed by atoms with Gasteiger partial charge in [0.05, 0.1) is 22.7 Å². The summed E-state index contributed by atoms with van der Waals surface area (Å²) < 4.78 is 31.8. The van der Waals surface area contributed by atoms with Crippen molar-refractivity contribution in [2.75, 3.05) is 24.6 Å². The van der Waals surface area contributed by atoms with Gasteiger partial charge in [-0.15, -0.1) is 0 Å². The van der Waals surface area contributed by atoms with Gasteiger partial charge in [-0.25, -0.2) is 8.42 Å². The van der Waals surface area contributed by atoms with Crippen LogP contribution in [0.25, 0.3) is 0 Å². The summed E-state index contributed by atoms with van der Waals surface area (Å²) >= 11 is 5.91. The number of halogens is 1. The van der Waals surface area contributed by atoms with E-state index in [0.29, 0.717) is 17.4 Å². The van der Waals surface area contributed by atoms with Gasteiger partial charge in [-0.2, -0.15) is 0 Å². The number of nitrogens with zero attached hydrogens (tertiary/aromatic N) is 2. The molecule has 0 spiro atoms. The first kappa shape index (κ1) is 25.6. The smallest absolute Gasteiger partial charge is 0.309 e. The Morgan fingerprint density at radius 1 is 1.11 bits per heavy atom. The summed E-state index contributed by atoms with van der Waals surface area (Å²) in [7, 11) is -3.79. The Kier molecular flexibility index (Phi) is 8.12. The van der Waals surface area contributed by atoms with Crippen LogP contribution in [0.4, 0.5) is 5.69 Å². The van der Waals surface area contributed by atoms with E-state index < -0.39 is 32.9 Å². The number of ketones is 1. The Bertz CT molecular complexity index is 1130. The lowest BCUT2D eigenvalue weighted by Gasteiger charge is -2.38. The molecule has 1 aromatic heterocycles. The number of anilines is 1. The summed E-state index contributed by atoms with van der Waals surface area (Å²) in [5.74, 6) is -1.60. The van der Waals surface area contributed by atoms with Gasteiger partial charge in [0.1, 0.15) is 5.78 Å². The molecule has 7 nitrogen and oxygen atoms in total. The maximum absolute atomic E-state index is 13.3. The molecule has 1 aliphatic heterocycles. The van der Waals surface area contributed by atoms with Crippen molar-refractivity contribution >= 4 is 38.9 Å². The molecule has 3 unspecified atom stereocenters. The lowest BCUT2D eigenvalue weighted by atomic mass is 9.72. The van der Waals surface area contributed by atoms with Gasteiger partial charge in [-0.05, 0) is 74.9 Å². The molecule has 188 valence electrons. The minimum Gasteiger partial charge on any atom is -0.466 e. The lowest BCUT2D eigenvalue weighted by Crippen LogP contribution is -2.44. The van der Waals surface area contributed by atoms with E-state index in [4.69, 9.17) is 16.3 Å². The zero-order valence-corrected chi connectivity index (χ0v) is 21.4. The van der Waals surface area contributed by atoms with Crippen molar-refractivity contribution in [3.8, 4) is 0 Å². The molecular formula is C26H31ClN2O5S. The highest BCUT2D eigenvalue weighted by Gasteiger charge is 2.46. The van der Waals surface area contributed by atoms with Gasteiger partial charge in [0.15, 0.2) is 9.84 Å². The number of rotatable bonds is 7. The van der Waals surface area contributed by atoms with E-state index in [0.717, 1.165) is 31.6 Å². The number of Topliss-reactive ketones (excluding diaryl/α,β-unsaturated/α-hetero) is 1. The first-order chi connectivity index (χ1) is 16.8. The maximum Gasteiger partial charge on any atom is 0.309 e. The van der Waals surface area contributed by atoms with E-state index >= 15 is 0 Å². The number of carbonyl (C=O) groups excluding carboxylic acids is 2. The van der Waals surface area contributed by atoms with Crippen LogP contribution in [0.5, 0.6) is 0 Å². The monoisotopic (exact) mass is 518 g/mol. The van der Waals surface area contributed by atoms with Crippen LogP contribution in [-0.2, 0) is 24.2 Å². The zero-order chi connectivity index (χ0) is 25.0. The Morgan fingerprint density at radius 3 is 2.40 bits per heavy atom. The van der Waals surface area contributed by atoms with Crippen LogP contribution in [-0.4, -0.2) is 50.1 Å². The van der Waals surface area contributed by atoms with Crippen molar-refractivity contribution in [1.29, 1.82) is 0 Å². The maximum atomic E-state index is 13.3. The molecule has 2 fully saturated rings. The molecule has 0 bridgehead atoms. The molecule has 0 radical (unpaired) electrons. The van der Waals surface area contributed by atoms with Crippen LogP contribution >= 0.6 is 11.6 Å². The van der Waals surface area contributed by atoms with Crippen LogP contribution in [0.3, 0.4) is 0 Å². The number of aromatic nitrogens is 1. The van der Waals surface area contributed by atoms with E-state index in [9.17, 15) is 18.0 Å². The average molecular weight is 519 g/mol. The molecule has 1 saturated carbocycles. The average Bonchev–Trinajstić information content (AvgIpc) is 2.86. The van der Waals surface area contributed by atoms with Crippen LogP contribution in [0.1, 0.15) is 39.0 Å².